The molecule has 8 nitrogen and oxygen atoms in total. The Bertz CT molecular complexity index is 568. The Morgan fingerprint density at radius 3 is 3.10 bits per heavy atom. The molecule has 2 aromatic heterocycles. The lowest BCUT2D eigenvalue weighted by molar-refractivity contribution is 0.0956. The molecule has 0 spiro atoms. The van der Waals surface area contributed by atoms with Gasteiger partial charge in [-0.2, -0.15) is 5.10 Å². The van der Waals surface area contributed by atoms with Crippen molar-refractivity contribution in [3.05, 3.63) is 23.3 Å². The van der Waals surface area contributed by atoms with E-state index in [1.165, 1.54) is 11.3 Å². The minimum Gasteiger partial charge on any atom is -0.383 e. The van der Waals surface area contributed by atoms with Crippen LogP contribution in [0.1, 0.15) is 9.67 Å². The molecule has 0 saturated carbocycles. The molecule has 2 rings (SSSR count). The van der Waals surface area contributed by atoms with Gasteiger partial charge in [0.2, 0.25) is 0 Å². The lowest BCUT2D eigenvalue weighted by atomic mass is 10.4. The van der Waals surface area contributed by atoms with Gasteiger partial charge >= 0.3 is 0 Å². The highest BCUT2D eigenvalue weighted by atomic mass is 32.1. The first-order valence-electron chi connectivity index (χ1n) is 6.45. The van der Waals surface area contributed by atoms with Crippen LogP contribution in [0, 0.1) is 0 Å². The number of aromatic nitrogens is 3. The molecule has 114 valence electrons. The number of nitrogen functional groups attached to an aromatic ring is 1. The quantitative estimate of drug-likeness (QED) is 0.610. The average Bonchev–Trinajstić information content (AvgIpc) is 3.09. The lowest BCUT2D eigenvalue weighted by Crippen LogP contribution is -2.27. The smallest absolute Gasteiger partial charge is 0.265 e. The normalized spacial score (nSPS) is 10.5. The molecule has 2 heterocycles. The molecule has 21 heavy (non-hydrogen) atoms. The van der Waals surface area contributed by atoms with Crippen LogP contribution in [-0.2, 0) is 11.3 Å². The summed E-state index contributed by atoms with van der Waals surface area (Å²) in [4.78, 5) is 16.6. The van der Waals surface area contributed by atoms with E-state index >= 15 is 0 Å². The maximum absolute atomic E-state index is 12.0. The van der Waals surface area contributed by atoms with E-state index < -0.39 is 0 Å². The van der Waals surface area contributed by atoms with Crippen molar-refractivity contribution in [2.75, 3.05) is 37.9 Å². The maximum Gasteiger partial charge on any atom is 0.265 e. The highest BCUT2D eigenvalue weighted by molar-refractivity contribution is 7.18. The highest BCUT2D eigenvalue weighted by Gasteiger charge is 2.15. The van der Waals surface area contributed by atoms with Crippen LogP contribution in [-0.4, -0.2) is 47.5 Å². The minimum absolute atomic E-state index is 0.225. The van der Waals surface area contributed by atoms with Crippen LogP contribution in [0.25, 0.3) is 0 Å². The second-order valence-electron chi connectivity index (χ2n) is 4.18. The second kappa shape index (κ2) is 7.60. The van der Waals surface area contributed by atoms with Gasteiger partial charge in [-0.25, -0.2) is 4.98 Å². The van der Waals surface area contributed by atoms with Crippen LogP contribution in [0.3, 0.4) is 0 Å². The number of carbonyl (C=O) groups is 1. The summed E-state index contributed by atoms with van der Waals surface area (Å²) >= 11 is 1.23. The number of hydrogen-bond acceptors (Lipinski definition) is 7. The third-order valence-electron chi connectivity index (χ3n) is 2.63. The van der Waals surface area contributed by atoms with Gasteiger partial charge in [0.25, 0.3) is 5.91 Å². The number of nitrogens with two attached hydrogens (primary N) is 1. The van der Waals surface area contributed by atoms with Gasteiger partial charge in [-0.1, -0.05) is 11.3 Å². The van der Waals surface area contributed by atoms with E-state index in [-0.39, 0.29) is 11.7 Å². The number of amides is 1. The molecule has 0 radical (unpaired) electrons. The molecule has 0 aliphatic rings. The van der Waals surface area contributed by atoms with Crippen molar-refractivity contribution in [1.29, 1.82) is 0 Å². The minimum atomic E-state index is -0.225. The van der Waals surface area contributed by atoms with Crippen LogP contribution in [0.2, 0.25) is 0 Å². The van der Waals surface area contributed by atoms with Gasteiger partial charge in [-0.05, 0) is 6.07 Å². The molecule has 0 fully saturated rings. The van der Waals surface area contributed by atoms with E-state index in [0.717, 1.165) is 0 Å². The average molecular weight is 310 g/mol. The molecule has 4 N–H and O–H groups in total. The predicted octanol–water partition coefficient (Wildman–Crippen LogP) is 0.410. The summed E-state index contributed by atoms with van der Waals surface area (Å²) in [6, 6.07) is 1.83. The van der Waals surface area contributed by atoms with E-state index in [1.54, 1.807) is 18.0 Å². The number of rotatable bonds is 8. The van der Waals surface area contributed by atoms with Crippen molar-refractivity contribution in [3.8, 4) is 0 Å². The molecule has 2 aromatic rings. The Morgan fingerprint density at radius 1 is 1.52 bits per heavy atom. The van der Waals surface area contributed by atoms with E-state index in [0.29, 0.717) is 36.2 Å². The maximum atomic E-state index is 12.0. The first-order chi connectivity index (χ1) is 10.2. The fraction of sp³-hybridized carbons (Fsp3) is 0.417. The Kier molecular flexibility index (Phi) is 5.52. The first kappa shape index (κ1) is 15.3. The number of methoxy groups -OCH3 is 1. The standard InChI is InChI=1S/C12H18N6O2S/c1-20-8-5-15-12-17-10(13)9(21-12)11(19)14-4-7-18-6-2-3-16-18/h2-3,6H,4-5,7-8,13H2,1H3,(H,14,19)(H,15,17). The third-order valence-corrected chi connectivity index (χ3v) is 3.66. The zero-order valence-corrected chi connectivity index (χ0v) is 12.5. The zero-order valence-electron chi connectivity index (χ0n) is 11.7. The monoisotopic (exact) mass is 310 g/mol. The van der Waals surface area contributed by atoms with Crippen molar-refractivity contribution in [3.63, 3.8) is 0 Å². The third kappa shape index (κ3) is 4.43. The Morgan fingerprint density at radius 2 is 2.38 bits per heavy atom. The Hall–Kier alpha value is -2.13. The molecule has 9 heteroatoms. The van der Waals surface area contributed by atoms with E-state index in [2.05, 4.69) is 20.7 Å². The van der Waals surface area contributed by atoms with Crippen molar-refractivity contribution >= 4 is 28.2 Å². The highest BCUT2D eigenvalue weighted by Crippen LogP contribution is 2.24. The second-order valence-corrected chi connectivity index (χ2v) is 5.18. The van der Waals surface area contributed by atoms with Gasteiger partial charge in [-0.3, -0.25) is 9.48 Å². The molecular formula is C12H18N6O2S. The van der Waals surface area contributed by atoms with Crippen molar-refractivity contribution in [2.45, 2.75) is 6.54 Å². The predicted molar refractivity (Wildman–Crippen MR) is 81.5 cm³/mol. The molecule has 1 amide bonds. The van der Waals surface area contributed by atoms with Gasteiger partial charge in [0.05, 0.1) is 13.2 Å². The molecule has 0 aliphatic heterocycles. The first-order valence-corrected chi connectivity index (χ1v) is 7.27. The largest absolute Gasteiger partial charge is 0.383 e. The van der Waals surface area contributed by atoms with Crippen molar-refractivity contribution in [2.24, 2.45) is 0 Å². The lowest BCUT2D eigenvalue weighted by Gasteiger charge is -2.04. The SMILES string of the molecule is COCCNc1nc(N)c(C(=O)NCCn2cccn2)s1. The summed E-state index contributed by atoms with van der Waals surface area (Å²) in [6.45, 7) is 2.26. The Labute approximate surface area is 126 Å². The number of ether oxygens (including phenoxy) is 1. The van der Waals surface area contributed by atoms with Gasteiger partial charge in [0.1, 0.15) is 10.7 Å². The molecule has 0 atom stereocenters. The number of thiazole rings is 1. The summed E-state index contributed by atoms with van der Waals surface area (Å²) in [7, 11) is 1.62. The number of carbonyl (C=O) groups excluding carboxylic acids is 1. The summed E-state index contributed by atoms with van der Waals surface area (Å²) in [5.41, 5.74) is 5.76. The molecular weight excluding hydrogens is 292 g/mol. The summed E-state index contributed by atoms with van der Waals surface area (Å²) in [5, 5.41) is 10.5. The van der Waals surface area contributed by atoms with Crippen LogP contribution >= 0.6 is 11.3 Å². The van der Waals surface area contributed by atoms with Crippen LogP contribution in [0.15, 0.2) is 18.5 Å². The Balaban J connectivity index is 1.83. The molecule has 0 bridgehead atoms. The fourth-order valence-electron chi connectivity index (χ4n) is 1.63. The van der Waals surface area contributed by atoms with Gasteiger partial charge in [0.15, 0.2) is 5.13 Å². The summed E-state index contributed by atoms with van der Waals surface area (Å²) in [6.07, 6.45) is 3.53. The van der Waals surface area contributed by atoms with Crippen LogP contribution in [0.5, 0.6) is 0 Å². The topological polar surface area (TPSA) is 107 Å². The number of nitrogens with zero attached hydrogens (tertiary/aromatic N) is 3. The molecule has 0 aliphatic carbocycles. The number of anilines is 2. The molecule has 0 unspecified atom stereocenters. The van der Waals surface area contributed by atoms with Crippen molar-refractivity contribution < 1.29 is 9.53 Å². The summed E-state index contributed by atoms with van der Waals surface area (Å²) in [5.74, 6) is 0.00783. The van der Waals surface area contributed by atoms with E-state index in [1.807, 2.05) is 12.3 Å². The fourth-order valence-corrected chi connectivity index (χ4v) is 2.45. The van der Waals surface area contributed by atoms with Gasteiger partial charge in [-0.15, -0.1) is 0 Å². The zero-order chi connectivity index (χ0) is 15.1. The number of nitrogens with one attached hydrogen (secondary N) is 2. The molecule has 0 saturated heterocycles. The van der Waals surface area contributed by atoms with Gasteiger partial charge in [0, 0.05) is 32.6 Å². The van der Waals surface area contributed by atoms with E-state index in [9.17, 15) is 4.79 Å². The van der Waals surface area contributed by atoms with Crippen molar-refractivity contribution in [1.82, 2.24) is 20.1 Å². The van der Waals surface area contributed by atoms with Gasteiger partial charge < -0.3 is 21.1 Å². The summed E-state index contributed by atoms with van der Waals surface area (Å²) < 4.78 is 6.68. The number of hydrogen-bond donors (Lipinski definition) is 3. The van der Waals surface area contributed by atoms with Crippen LogP contribution in [0.4, 0.5) is 10.9 Å². The van der Waals surface area contributed by atoms with E-state index in [4.69, 9.17) is 10.5 Å². The van der Waals surface area contributed by atoms with Crippen LogP contribution < -0.4 is 16.4 Å². The molecule has 0 aromatic carbocycles.